The van der Waals surface area contributed by atoms with E-state index in [0.29, 0.717) is 6.54 Å². The lowest BCUT2D eigenvalue weighted by molar-refractivity contribution is 0.219. The van der Waals surface area contributed by atoms with Gasteiger partial charge in [0.05, 0.1) is 13.7 Å². The van der Waals surface area contributed by atoms with Gasteiger partial charge in [0.25, 0.3) is 0 Å². The maximum atomic E-state index is 5.97. The summed E-state index contributed by atoms with van der Waals surface area (Å²) in [4.78, 5) is 7.19. The summed E-state index contributed by atoms with van der Waals surface area (Å²) in [6.45, 7) is 10.8. The van der Waals surface area contributed by atoms with E-state index in [9.17, 15) is 0 Å². The lowest BCUT2D eigenvalue weighted by Crippen LogP contribution is -2.42. The van der Waals surface area contributed by atoms with Gasteiger partial charge in [-0.3, -0.25) is 4.90 Å². The van der Waals surface area contributed by atoms with Crippen molar-refractivity contribution in [1.82, 2.24) is 15.5 Å². The molecule has 0 spiro atoms. The molecule has 1 fully saturated rings. The van der Waals surface area contributed by atoms with Crippen LogP contribution in [0.3, 0.4) is 0 Å². The molecule has 154 valence electrons. The number of halogens is 1. The number of likely N-dealkylation sites (N-methyl/N-ethyl adjacent to an activating group) is 1. The monoisotopic (exact) mass is 490 g/mol. The van der Waals surface area contributed by atoms with Gasteiger partial charge in [0.2, 0.25) is 0 Å². The van der Waals surface area contributed by atoms with Gasteiger partial charge in [0.1, 0.15) is 6.10 Å². The molecule has 1 aliphatic carbocycles. The number of aliphatic imine (C=N–C) groups is 1. The summed E-state index contributed by atoms with van der Waals surface area (Å²) in [5, 5.41) is 6.73. The van der Waals surface area contributed by atoms with Crippen molar-refractivity contribution in [3.05, 3.63) is 24.3 Å². The van der Waals surface area contributed by atoms with Gasteiger partial charge >= 0.3 is 0 Å². The first-order valence-electron chi connectivity index (χ1n) is 9.73. The summed E-state index contributed by atoms with van der Waals surface area (Å²) < 4.78 is 11.3. The van der Waals surface area contributed by atoms with Crippen LogP contribution in [0.4, 0.5) is 0 Å². The highest BCUT2D eigenvalue weighted by Crippen LogP contribution is 2.27. The van der Waals surface area contributed by atoms with Crippen molar-refractivity contribution in [3.8, 4) is 11.5 Å². The lowest BCUT2D eigenvalue weighted by atomic mass is 10.3. The Bertz CT molecular complexity index is 567. The molecule has 0 saturated heterocycles. The van der Waals surface area contributed by atoms with E-state index in [1.165, 1.54) is 12.8 Å². The number of nitrogens with zero attached hydrogens (tertiary/aromatic N) is 2. The third kappa shape index (κ3) is 8.55. The molecule has 2 N–H and O–H groups in total. The van der Waals surface area contributed by atoms with Crippen molar-refractivity contribution < 1.29 is 9.47 Å². The molecule has 6 nitrogen and oxygen atoms in total. The summed E-state index contributed by atoms with van der Waals surface area (Å²) in [6.07, 6.45) is 2.65. The maximum Gasteiger partial charge on any atom is 0.191 e. The number of guanidine groups is 1. The van der Waals surface area contributed by atoms with Crippen LogP contribution in [0.15, 0.2) is 29.3 Å². The number of para-hydroxylation sites is 2. The summed E-state index contributed by atoms with van der Waals surface area (Å²) in [6, 6.07) is 8.49. The molecule has 1 aliphatic rings. The Hall–Kier alpha value is -1.22. The molecule has 1 saturated carbocycles. The minimum Gasteiger partial charge on any atom is -0.493 e. The molecule has 1 unspecified atom stereocenters. The molecule has 1 atom stereocenters. The van der Waals surface area contributed by atoms with Crippen molar-refractivity contribution in [1.29, 1.82) is 0 Å². The van der Waals surface area contributed by atoms with E-state index in [0.717, 1.165) is 49.7 Å². The summed E-state index contributed by atoms with van der Waals surface area (Å²) in [5.74, 6) is 2.33. The zero-order valence-corrected chi connectivity index (χ0v) is 19.4. The average molecular weight is 490 g/mol. The Morgan fingerprint density at radius 3 is 2.52 bits per heavy atom. The van der Waals surface area contributed by atoms with E-state index in [1.807, 2.05) is 31.2 Å². The van der Waals surface area contributed by atoms with Gasteiger partial charge in [0.15, 0.2) is 17.5 Å². The fourth-order valence-corrected chi connectivity index (χ4v) is 2.89. The number of benzene rings is 1. The molecular formula is C20H35IN4O2. The standard InChI is InChI=1S/C20H34N4O2.HI/c1-5-21-20(22-13-14-24(6-2)17-11-12-17)23-15-16(3)26-19-10-8-7-9-18(19)25-4;/h7-10,16-17H,5-6,11-15H2,1-4H3,(H2,21,22,23);1H. The topological polar surface area (TPSA) is 58.1 Å². The van der Waals surface area contributed by atoms with Crippen LogP contribution in [0.25, 0.3) is 0 Å². The molecule has 0 amide bonds. The summed E-state index contributed by atoms with van der Waals surface area (Å²) in [5.41, 5.74) is 0. The van der Waals surface area contributed by atoms with E-state index in [2.05, 4.69) is 34.4 Å². The van der Waals surface area contributed by atoms with Crippen LogP contribution in [-0.2, 0) is 0 Å². The molecule has 0 aliphatic heterocycles. The Balaban J connectivity index is 0.00000364. The van der Waals surface area contributed by atoms with Crippen LogP contribution in [0.5, 0.6) is 11.5 Å². The minimum atomic E-state index is -0.0413. The fraction of sp³-hybridized carbons (Fsp3) is 0.650. The number of rotatable bonds is 11. The van der Waals surface area contributed by atoms with E-state index >= 15 is 0 Å². The number of nitrogens with one attached hydrogen (secondary N) is 2. The van der Waals surface area contributed by atoms with E-state index < -0.39 is 0 Å². The molecule has 0 bridgehead atoms. The van der Waals surface area contributed by atoms with Gasteiger partial charge in [-0.2, -0.15) is 0 Å². The smallest absolute Gasteiger partial charge is 0.191 e. The van der Waals surface area contributed by atoms with Gasteiger partial charge in [-0.25, -0.2) is 4.99 Å². The van der Waals surface area contributed by atoms with Gasteiger partial charge < -0.3 is 20.1 Å². The Labute approximate surface area is 181 Å². The molecule has 0 radical (unpaired) electrons. The first-order valence-corrected chi connectivity index (χ1v) is 9.73. The van der Waals surface area contributed by atoms with Gasteiger partial charge in [-0.05, 0) is 45.4 Å². The van der Waals surface area contributed by atoms with Crippen molar-refractivity contribution in [2.75, 3.05) is 39.8 Å². The SMILES string of the molecule is CCNC(=NCC(C)Oc1ccccc1OC)NCCN(CC)C1CC1.I. The van der Waals surface area contributed by atoms with Gasteiger partial charge in [0, 0.05) is 25.7 Å². The maximum absolute atomic E-state index is 5.97. The molecule has 0 heterocycles. The van der Waals surface area contributed by atoms with Crippen LogP contribution in [-0.4, -0.2) is 62.8 Å². The van der Waals surface area contributed by atoms with E-state index in [1.54, 1.807) is 7.11 Å². The largest absolute Gasteiger partial charge is 0.493 e. The highest BCUT2D eigenvalue weighted by molar-refractivity contribution is 14.0. The zero-order valence-electron chi connectivity index (χ0n) is 17.0. The third-order valence-corrected chi connectivity index (χ3v) is 4.41. The average Bonchev–Trinajstić information content (AvgIpc) is 3.48. The zero-order chi connectivity index (χ0) is 18.8. The number of ether oxygens (including phenoxy) is 2. The predicted octanol–water partition coefficient (Wildman–Crippen LogP) is 3.12. The van der Waals surface area contributed by atoms with Crippen LogP contribution in [0, 0.1) is 0 Å². The highest BCUT2D eigenvalue weighted by Gasteiger charge is 2.27. The molecule has 2 rings (SSSR count). The fourth-order valence-electron chi connectivity index (χ4n) is 2.89. The lowest BCUT2D eigenvalue weighted by Gasteiger charge is -2.21. The Kier molecular flexibility index (Phi) is 11.5. The first kappa shape index (κ1) is 23.8. The van der Waals surface area contributed by atoms with E-state index in [-0.39, 0.29) is 30.1 Å². The molecule has 7 heteroatoms. The quantitative estimate of drug-likeness (QED) is 0.284. The molecular weight excluding hydrogens is 455 g/mol. The Morgan fingerprint density at radius 1 is 1.22 bits per heavy atom. The summed E-state index contributed by atoms with van der Waals surface area (Å²) >= 11 is 0. The van der Waals surface area contributed by atoms with Crippen molar-refractivity contribution in [2.45, 2.75) is 45.8 Å². The molecule has 1 aromatic rings. The van der Waals surface area contributed by atoms with E-state index in [4.69, 9.17) is 9.47 Å². The second-order valence-corrected chi connectivity index (χ2v) is 6.59. The molecule has 0 aromatic heterocycles. The van der Waals surface area contributed by atoms with Crippen molar-refractivity contribution in [2.24, 2.45) is 4.99 Å². The third-order valence-electron chi connectivity index (χ3n) is 4.41. The molecule has 1 aromatic carbocycles. The number of methoxy groups -OCH3 is 1. The predicted molar refractivity (Wildman–Crippen MR) is 123 cm³/mol. The van der Waals surface area contributed by atoms with Crippen molar-refractivity contribution in [3.63, 3.8) is 0 Å². The minimum absolute atomic E-state index is 0. The van der Waals surface area contributed by atoms with Crippen molar-refractivity contribution >= 4 is 29.9 Å². The first-order chi connectivity index (χ1) is 12.7. The second kappa shape index (κ2) is 13.0. The van der Waals surface area contributed by atoms with Crippen LogP contribution >= 0.6 is 24.0 Å². The van der Waals surface area contributed by atoms with Gasteiger partial charge in [-0.15, -0.1) is 24.0 Å². The van der Waals surface area contributed by atoms with Crippen LogP contribution in [0.1, 0.15) is 33.6 Å². The van der Waals surface area contributed by atoms with Gasteiger partial charge in [-0.1, -0.05) is 19.1 Å². The van der Waals surface area contributed by atoms with Crippen LogP contribution < -0.4 is 20.1 Å². The normalized spacial score (nSPS) is 15.1. The molecule has 27 heavy (non-hydrogen) atoms. The highest BCUT2D eigenvalue weighted by atomic mass is 127. The number of hydrogen-bond donors (Lipinski definition) is 2. The second-order valence-electron chi connectivity index (χ2n) is 6.59. The Morgan fingerprint density at radius 2 is 1.93 bits per heavy atom. The van der Waals surface area contributed by atoms with Crippen LogP contribution in [0.2, 0.25) is 0 Å². The number of hydrogen-bond acceptors (Lipinski definition) is 4. The summed E-state index contributed by atoms with van der Waals surface area (Å²) in [7, 11) is 1.65.